The Kier molecular flexibility index (Phi) is 7.83. The van der Waals surface area contributed by atoms with Crippen LogP contribution in [0.25, 0.3) is 10.9 Å². The van der Waals surface area contributed by atoms with Crippen LogP contribution in [0.4, 0.5) is 0 Å². The number of halogens is 2. The van der Waals surface area contributed by atoms with Crippen LogP contribution in [0, 0.1) is 0 Å². The zero-order chi connectivity index (χ0) is 28.4. The average molecular weight is 573 g/mol. The first-order valence-electron chi connectivity index (χ1n) is 13.0. The molecule has 6 nitrogen and oxygen atoms in total. The molecule has 0 amide bonds. The van der Waals surface area contributed by atoms with E-state index < -0.39 is 5.54 Å². The summed E-state index contributed by atoms with van der Waals surface area (Å²) in [6, 6.07) is 23.6. The molecule has 3 aromatic carbocycles. The van der Waals surface area contributed by atoms with Gasteiger partial charge in [0.2, 0.25) is 0 Å². The fraction of sp³-hybridized carbons (Fsp3) is 0.219. The van der Waals surface area contributed by atoms with Crippen LogP contribution >= 0.6 is 23.2 Å². The summed E-state index contributed by atoms with van der Waals surface area (Å²) in [4.78, 5) is 24.5. The smallest absolute Gasteiger partial charge is 0.251 e. The summed E-state index contributed by atoms with van der Waals surface area (Å²) in [7, 11) is 7.68. The van der Waals surface area contributed by atoms with Crippen molar-refractivity contribution in [1.82, 2.24) is 19.0 Å². The molecule has 0 fully saturated rings. The molecule has 0 aliphatic carbocycles. The number of benzene rings is 3. The zero-order valence-electron chi connectivity index (χ0n) is 23.0. The highest BCUT2D eigenvalue weighted by Gasteiger charge is 2.39. The number of rotatable bonds is 8. The lowest BCUT2D eigenvalue weighted by Gasteiger charge is -2.32. The molecule has 1 atom stereocenters. The molecule has 5 rings (SSSR count). The minimum atomic E-state index is -0.923. The molecule has 0 saturated heterocycles. The Balaban J connectivity index is 1.76. The second kappa shape index (κ2) is 11.3. The van der Waals surface area contributed by atoms with E-state index in [-0.39, 0.29) is 5.56 Å². The molecule has 204 valence electrons. The van der Waals surface area contributed by atoms with E-state index in [0.29, 0.717) is 16.5 Å². The van der Waals surface area contributed by atoms with Crippen LogP contribution in [-0.2, 0) is 32.5 Å². The van der Waals surface area contributed by atoms with Crippen molar-refractivity contribution in [3.8, 4) is 0 Å². The summed E-state index contributed by atoms with van der Waals surface area (Å²) in [5.74, 6) is 0. The molecule has 1 unspecified atom stereocenters. The number of aromatic nitrogens is 3. The van der Waals surface area contributed by atoms with Crippen molar-refractivity contribution >= 4 is 40.4 Å². The molecule has 40 heavy (non-hydrogen) atoms. The van der Waals surface area contributed by atoms with Crippen molar-refractivity contribution in [2.45, 2.75) is 18.4 Å². The Labute approximate surface area is 244 Å². The van der Waals surface area contributed by atoms with E-state index in [1.165, 1.54) is 0 Å². The van der Waals surface area contributed by atoms with Crippen molar-refractivity contribution in [3.63, 3.8) is 0 Å². The fourth-order valence-electron chi connectivity index (χ4n) is 5.21. The number of hydrogen-bond acceptors (Lipinski definition) is 3. The summed E-state index contributed by atoms with van der Waals surface area (Å²) in [5, 5.41) is 2.36. The number of aliphatic imine (C=N–C) groups is 1. The van der Waals surface area contributed by atoms with E-state index in [4.69, 9.17) is 28.2 Å². The Morgan fingerprint density at radius 1 is 0.925 bits per heavy atom. The van der Waals surface area contributed by atoms with Gasteiger partial charge in [0.1, 0.15) is 0 Å². The van der Waals surface area contributed by atoms with E-state index >= 15 is 0 Å². The lowest BCUT2D eigenvalue weighted by molar-refractivity contribution is 0.573. The molecule has 0 radical (unpaired) electrons. The summed E-state index contributed by atoms with van der Waals surface area (Å²) in [5.41, 5.74) is 4.80. The number of pyridine rings is 1. The standard InChI is InChI=1S/C32H31Cl2N5O/c1-37(2)21-36-32(30-19-35-20-38(30)3,24-10-13-26(33)14-11-24)25-12-15-29-28(18-25)23(17-31(40)39(29)4)9-8-22-6-5-7-27(34)16-22/h5-7,10-21H,8-9H2,1-4H3/b36-21-. The van der Waals surface area contributed by atoms with Crippen molar-refractivity contribution in [2.75, 3.05) is 14.1 Å². The maximum atomic E-state index is 13.0. The number of aryl methyl sites for hydroxylation is 4. The van der Waals surface area contributed by atoms with Crippen LogP contribution in [0.2, 0.25) is 10.0 Å². The molecular formula is C32H31Cl2N5O. The van der Waals surface area contributed by atoms with Crippen LogP contribution < -0.4 is 5.56 Å². The van der Waals surface area contributed by atoms with E-state index in [1.54, 1.807) is 17.0 Å². The van der Waals surface area contributed by atoms with E-state index in [0.717, 1.165) is 45.3 Å². The maximum absolute atomic E-state index is 13.0. The number of fused-ring (bicyclic) bond motifs is 1. The third-order valence-electron chi connectivity index (χ3n) is 7.25. The van der Waals surface area contributed by atoms with Gasteiger partial charge < -0.3 is 14.0 Å². The molecule has 5 aromatic rings. The van der Waals surface area contributed by atoms with Crippen molar-refractivity contribution in [3.05, 3.63) is 134 Å². The topological polar surface area (TPSA) is 55.4 Å². The van der Waals surface area contributed by atoms with Gasteiger partial charge in [-0.25, -0.2) is 4.98 Å². The summed E-state index contributed by atoms with van der Waals surface area (Å²) in [6.45, 7) is 0. The van der Waals surface area contributed by atoms with Gasteiger partial charge in [0.25, 0.3) is 5.56 Å². The van der Waals surface area contributed by atoms with Gasteiger partial charge in [-0.1, -0.05) is 53.5 Å². The van der Waals surface area contributed by atoms with Crippen molar-refractivity contribution in [2.24, 2.45) is 19.1 Å². The zero-order valence-corrected chi connectivity index (χ0v) is 24.5. The van der Waals surface area contributed by atoms with Gasteiger partial charge in [-0.05, 0) is 71.5 Å². The molecule has 2 heterocycles. The third-order valence-corrected chi connectivity index (χ3v) is 7.74. The van der Waals surface area contributed by atoms with Crippen LogP contribution in [0.1, 0.15) is 27.9 Å². The highest BCUT2D eigenvalue weighted by molar-refractivity contribution is 6.30. The van der Waals surface area contributed by atoms with Crippen LogP contribution in [0.3, 0.4) is 0 Å². The first-order chi connectivity index (χ1) is 19.2. The Hall–Kier alpha value is -3.87. The average Bonchev–Trinajstić information content (AvgIpc) is 3.37. The highest BCUT2D eigenvalue weighted by Crippen LogP contribution is 2.42. The molecule has 0 aliphatic heterocycles. The van der Waals surface area contributed by atoms with Gasteiger partial charge in [0, 0.05) is 49.7 Å². The monoisotopic (exact) mass is 571 g/mol. The van der Waals surface area contributed by atoms with Crippen LogP contribution in [0.5, 0.6) is 0 Å². The maximum Gasteiger partial charge on any atom is 0.251 e. The molecule has 0 spiro atoms. The van der Waals surface area contributed by atoms with Gasteiger partial charge in [-0.3, -0.25) is 9.79 Å². The quantitative estimate of drug-likeness (QED) is 0.163. The summed E-state index contributed by atoms with van der Waals surface area (Å²) >= 11 is 12.5. The van der Waals surface area contributed by atoms with Crippen LogP contribution in [0.15, 0.2) is 95.1 Å². The number of imidazole rings is 1. The molecule has 0 bridgehead atoms. The van der Waals surface area contributed by atoms with Crippen molar-refractivity contribution in [1.29, 1.82) is 0 Å². The molecule has 0 saturated carbocycles. The van der Waals surface area contributed by atoms with Gasteiger partial charge in [0.05, 0.1) is 30.1 Å². The summed E-state index contributed by atoms with van der Waals surface area (Å²) < 4.78 is 3.69. The highest BCUT2D eigenvalue weighted by atomic mass is 35.5. The van der Waals surface area contributed by atoms with Gasteiger partial charge in [-0.2, -0.15) is 0 Å². The van der Waals surface area contributed by atoms with E-state index in [9.17, 15) is 4.79 Å². The largest absolute Gasteiger partial charge is 0.369 e. The lowest BCUT2D eigenvalue weighted by atomic mass is 9.79. The SMILES string of the molecule is CN(C)/C=N\C(c1ccc(Cl)cc1)(c1ccc2c(c1)c(CCc1cccc(Cl)c1)cc(=O)n2C)c1cncn1C. The molecule has 0 N–H and O–H groups in total. The molecule has 8 heteroatoms. The molecule has 2 aromatic heterocycles. The predicted octanol–water partition coefficient (Wildman–Crippen LogP) is 6.25. The minimum absolute atomic E-state index is 0.0393. The fourth-order valence-corrected chi connectivity index (χ4v) is 5.55. The van der Waals surface area contributed by atoms with Crippen molar-refractivity contribution < 1.29 is 0 Å². The summed E-state index contributed by atoms with van der Waals surface area (Å²) in [6.07, 6.45) is 6.92. The third kappa shape index (κ3) is 5.29. The van der Waals surface area contributed by atoms with Crippen LogP contribution in [-0.4, -0.2) is 39.5 Å². The Bertz CT molecular complexity index is 1750. The molecular weight excluding hydrogens is 541 g/mol. The lowest BCUT2D eigenvalue weighted by Crippen LogP contribution is -2.31. The second-order valence-electron chi connectivity index (χ2n) is 10.2. The van der Waals surface area contributed by atoms with Gasteiger partial charge >= 0.3 is 0 Å². The number of nitrogens with zero attached hydrogens (tertiary/aromatic N) is 5. The minimum Gasteiger partial charge on any atom is -0.369 e. The normalized spacial score (nSPS) is 13.2. The second-order valence-corrected chi connectivity index (χ2v) is 11.1. The van der Waals surface area contributed by atoms with E-state index in [1.807, 2.05) is 98.7 Å². The predicted molar refractivity (Wildman–Crippen MR) is 165 cm³/mol. The first kappa shape index (κ1) is 27.7. The van der Waals surface area contributed by atoms with Gasteiger partial charge in [-0.15, -0.1) is 0 Å². The first-order valence-corrected chi connectivity index (χ1v) is 13.8. The Morgan fingerprint density at radius 2 is 1.68 bits per heavy atom. The molecule has 0 aliphatic rings. The number of hydrogen-bond donors (Lipinski definition) is 0. The van der Waals surface area contributed by atoms with Gasteiger partial charge in [0.15, 0.2) is 5.54 Å². The van der Waals surface area contributed by atoms with E-state index in [2.05, 4.69) is 23.2 Å². The Morgan fingerprint density at radius 3 is 2.35 bits per heavy atom.